The molecule has 0 spiro atoms. The fourth-order valence-electron chi connectivity index (χ4n) is 4.35. The zero-order valence-corrected chi connectivity index (χ0v) is 13.3. The second-order valence-corrected chi connectivity index (χ2v) is 6.66. The van der Waals surface area contributed by atoms with Gasteiger partial charge in [-0.25, -0.2) is 0 Å². The van der Waals surface area contributed by atoms with Crippen molar-refractivity contribution in [2.24, 2.45) is 11.3 Å². The molecule has 1 amide bonds. The van der Waals surface area contributed by atoms with Gasteiger partial charge in [0.05, 0.1) is 11.5 Å². The van der Waals surface area contributed by atoms with E-state index in [1.165, 1.54) is 0 Å². The lowest BCUT2D eigenvalue weighted by molar-refractivity contribution is -0.159. The summed E-state index contributed by atoms with van der Waals surface area (Å²) < 4.78 is 37.4. The number of hydrogen-bond donors (Lipinski definition) is 1. The molecule has 1 N–H and O–H groups in total. The van der Waals surface area contributed by atoms with Crippen LogP contribution in [-0.2, 0) is 9.59 Å². The highest BCUT2D eigenvalue weighted by atomic mass is 35.5. The third-order valence-electron chi connectivity index (χ3n) is 5.40. The lowest BCUT2D eigenvalue weighted by Gasteiger charge is -2.26. The van der Waals surface area contributed by atoms with Crippen LogP contribution < -0.4 is 0 Å². The van der Waals surface area contributed by atoms with Crippen molar-refractivity contribution in [2.45, 2.75) is 37.9 Å². The van der Waals surface area contributed by atoms with Gasteiger partial charge in [-0.1, -0.05) is 6.42 Å². The molecule has 0 aromatic carbocycles. The van der Waals surface area contributed by atoms with E-state index in [1.807, 2.05) is 0 Å². The Labute approximate surface area is 138 Å². The van der Waals surface area contributed by atoms with Gasteiger partial charge in [-0.05, 0) is 25.2 Å². The number of nitrogens with zero attached hydrogens (tertiary/aromatic N) is 2. The number of carboxylic acid groups (broad SMARTS) is 1. The van der Waals surface area contributed by atoms with Crippen molar-refractivity contribution < 1.29 is 27.9 Å². The summed E-state index contributed by atoms with van der Waals surface area (Å²) in [6, 6.07) is -0.593. The Morgan fingerprint density at radius 2 is 2.04 bits per heavy atom. The molecule has 0 aromatic heterocycles. The summed E-state index contributed by atoms with van der Waals surface area (Å²) in [4.78, 5) is 26.5. The second kappa shape index (κ2) is 6.12. The van der Waals surface area contributed by atoms with E-state index in [0.29, 0.717) is 19.4 Å². The molecule has 9 heteroatoms. The zero-order chi connectivity index (χ0) is 16.1. The zero-order valence-electron chi connectivity index (χ0n) is 12.5. The molecule has 0 aromatic rings. The number of likely N-dealkylation sites (tertiary alicyclic amines) is 2. The molecule has 3 rings (SSSR count). The first-order valence-corrected chi connectivity index (χ1v) is 7.56. The minimum atomic E-state index is -4.39. The van der Waals surface area contributed by atoms with E-state index in [9.17, 15) is 27.9 Å². The third-order valence-corrected chi connectivity index (χ3v) is 5.40. The van der Waals surface area contributed by atoms with Crippen LogP contribution in [0.15, 0.2) is 0 Å². The Kier molecular flexibility index (Phi) is 4.88. The summed E-state index contributed by atoms with van der Waals surface area (Å²) in [6.07, 6.45) is -1.78. The summed E-state index contributed by atoms with van der Waals surface area (Å²) in [6.45, 7) is -0.347. The van der Waals surface area contributed by atoms with Crippen LogP contribution in [-0.4, -0.2) is 65.2 Å². The van der Waals surface area contributed by atoms with Crippen LogP contribution in [0.25, 0.3) is 0 Å². The average Bonchev–Trinajstić information content (AvgIpc) is 3.01. The summed E-state index contributed by atoms with van der Waals surface area (Å²) in [7, 11) is 0. The molecular weight excluding hydrogens is 337 g/mol. The predicted molar refractivity (Wildman–Crippen MR) is 77.3 cm³/mol. The molecule has 2 saturated heterocycles. The van der Waals surface area contributed by atoms with Crippen LogP contribution in [0.1, 0.15) is 25.7 Å². The van der Waals surface area contributed by atoms with Crippen LogP contribution in [0.5, 0.6) is 0 Å². The topological polar surface area (TPSA) is 60.9 Å². The molecule has 0 radical (unpaired) electrons. The lowest BCUT2D eigenvalue weighted by Crippen LogP contribution is -2.44. The van der Waals surface area contributed by atoms with Gasteiger partial charge in [-0.2, -0.15) is 13.2 Å². The summed E-state index contributed by atoms with van der Waals surface area (Å²) in [5, 5.41) is 9.53. The van der Waals surface area contributed by atoms with Crippen molar-refractivity contribution in [3.63, 3.8) is 0 Å². The van der Waals surface area contributed by atoms with Gasteiger partial charge in [-0.3, -0.25) is 14.5 Å². The normalized spacial score (nSPS) is 34.6. The number of halogens is 4. The molecule has 3 atom stereocenters. The van der Waals surface area contributed by atoms with Crippen molar-refractivity contribution in [2.75, 3.05) is 26.2 Å². The largest absolute Gasteiger partial charge is 0.481 e. The standard InChI is InChI=1S/C14H19F3N2O3.ClH/c15-14(16,17)8-18-5-3-10(11(18)20)19-6-9-2-1-4-13(9,7-19)12(21)22;/h9-10H,1-8H2,(H,21,22);1H/t9-,10?,13+;/m0./s1. The molecule has 3 aliphatic rings. The number of carboxylic acids is 1. The first-order valence-electron chi connectivity index (χ1n) is 7.56. The molecule has 3 fully saturated rings. The van der Waals surface area contributed by atoms with E-state index in [-0.39, 0.29) is 31.4 Å². The number of fused-ring (bicyclic) bond motifs is 1. The first-order chi connectivity index (χ1) is 10.2. The maximum atomic E-state index is 12.5. The number of carbonyl (C=O) groups excluding carboxylic acids is 1. The van der Waals surface area contributed by atoms with E-state index < -0.39 is 36.1 Å². The van der Waals surface area contributed by atoms with Gasteiger partial charge >= 0.3 is 12.1 Å². The fourth-order valence-corrected chi connectivity index (χ4v) is 4.35. The van der Waals surface area contributed by atoms with Gasteiger partial charge in [0.1, 0.15) is 6.54 Å². The Morgan fingerprint density at radius 3 is 2.61 bits per heavy atom. The Hall–Kier alpha value is -1.02. The van der Waals surface area contributed by atoms with E-state index in [1.54, 1.807) is 4.90 Å². The molecule has 2 aliphatic heterocycles. The molecule has 1 unspecified atom stereocenters. The van der Waals surface area contributed by atoms with Gasteiger partial charge in [0.15, 0.2) is 0 Å². The summed E-state index contributed by atoms with van der Waals surface area (Å²) >= 11 is 0. The van der Waals surface area contributed by atoms with Gasteiger partial charge in [-0.15, -0.1) is 12.4 Å². The highest BCUT2D eigenvalue weighted by Crippen LogP contribution is 2.49. The Morgan fingerprint density at radius 1 is 1.35 bits per heavy atom. The highest BCUT2D eigenvalue weighted by Gasteiger charge is 2.57. The molecule has 23 heavy (non-hydrogen) atoms. The van der Waals surface area contributed by atoms with Crippen molar-refractivity contribution in [3.05, 3.63) is 0 Å². The van der Waals surface area contributed by atoms with Crippen LogP contribution in [0.3, 0.4) is 0 Å². The predicted octanol–water partition coefficient (Wildman–Crippen LogP) is 1.76. The smallest absolute Gasteiger partial charge is 0.406 e. The van der Waals surface area contributed by atoms with Gasteiger partial charge < -0.3 is 10.0 Å². The maximum Gasteiger partial charge on any atom is 0.406 e. The Bertz CT molecular complexity index is 502. The van der Waals surface area contributed by atoms with Gasteiger partial charge in [0, 0.05) is 19.6 Å². The molecule has 1 aliphatic carbocycles. The van der Waals surface area contributed by atoms with E-state index in [2.05, 4.69) is 0 Å². The van der Waals surface area contributed by atoms with Gasteiger partial charge in [0.25, 0.3) is 0 Å². The molecule has 0 bridgehead atoms. The van der Waals surface area contributed by atoms with Crippen molar-refractivity contribution in [3.8, 4) is 0 Å². The van der Waals surface area contributed by atoms with Crippen molar-refractivity contribution in [1.82, 2.24) is 9.80 Å². The molecular formula is C14H20ClF3N2O3. The maximum absolute atomic E-state index is 12.5. The Balaban J connectivity index is 0.00000192. The van der Waals surface area contributed by atoms with E-state index in [4.69, 9.17) is 0 Å². The number of carbonyl (C=O) groups is 2. The van der Waals surface area contributed by atoms with Crippen LogP contribution >= 0.6 is 12.4 Å². The molecule has 1 saturated carbocycles. The number of hydrogen-bond acceptors (Lipinski definition) is 3. The molecule has 5 nitrogen and oxygen atoms in total. The molecule has 132 valence electrons. The van der Waals surface area contributed by atoms with Gasteiger partial charge in [0.2, 0.25) is 5.91 Å². The lowest BCUT2D eigenvalue weighted by atomic mass is 9.81. The minimum Gasteiger partial charge on any atom is -0.481 e. The number of aliphatic carboxylic acids is 1. The fraction of sp³-hybridized carbons (Fsp3) is 0.857. The van der Waals surface area contributed by atoms with Crippen molar-refractivity contribution >= 4 is 24.3 Å². The number of amides is 1. The van der Waals surface area contributed by atoms with Crippen LogP contribution in [0.4, 0.5) is 13.2 Å². The van der Waals surface area contributed by atoms with Crippen LogP contribution in [0, 0.1) is 11.3 Å². The van der Waals surface area contributed by atoms with Crippen molar-refractivity contribution in [1.29, 1.82) is 0 Å². The quantitative estimate of drug-likeness (QED) is 0.837. The summed E-state index contributed by atoms with van der Waals surface area (Å²) in [5.74, 6) is -1.35. The van der Waals surface area contributed by atoms with Crippen LogP contribution in [0.2, 0.25) is 0 Å². The average molecular weight is 357 g/mol. The number of rotatable bonds is 3. The van der Waals surface area contributed by atoms with E-state index in [0.717, 1.165) is 17.7 Å². The SMILES string of the molecule is Cl.O=C1C(N2C[C@@H]3CCC[C@@]3(C(=O)O)C2)CCN1CC(F)(F)F. The monoisotopic (exact) mass is 356 g/mol. The number of alkyl halides is 3. The molecule has 2 heterocycles. The highest BCUT2D eigenvalue weighted by molar-refractivity contribution is 5.85. The second-order valence-electron chi connectivity index (χ2n) is 6.66. The third kappa shape index (κ3) is 3.15. The minimum absolute atomic E-state index is 0. The first kappa shape index (κ1) is 18.3. The summed E-state index contributed by atoms with van der Waals surface area (Å²) in [5.41, 5.74) is -0.808. The van der Waals surface area contributed by atoms with E-state index >= 15 is 0 Å².